The predicted molar refractivity (Wildman–Crippen MR) is 194 cm³/mol. The first-order chi connectivity index (χ1) is 24.9. The van der Waals surface area contributed by atoms with Crippen molar-refractivity contribution in [3.8, 4) is 22.5 Å². The molecule has 0 aliphatic rings. The molecule has 0 fully saturated rings. The molecular weight excluding hydrogens is 824 g/mol. The van der Waals surface area contributed by atoms with Crippen molar-refractivity contribution in [3.63, 3.8) is 0 Å². The van der Waals surface area contributed by atoms with E-state index in [4.69, 9.17) is 8.53 Å². The second kappa shape index (κ2) is 14.9. The fourth-order valence-corrected chi connectivity index (χ4v) is 5.62. The summed E-state index contributed by atoms with van der Waals surface area (Å²) in [6.45, 7) is 10.1. The van der Waals surface area contributed by atoms with Gasteiger partial charge in [0, 0.05) is 47.7 Å². The molecule has 0 saturated heterocycles. The van der Waals surface area contributed by atoms with Crippen molar-refractivity contribution in [2.45, 2.75) is 66.4 Å². The van der Waals surface area contributed by atoms with Crippen LogP contribution in [0, 0.1) is 39.8 Å². The number of alkyl halides is 3. The molecule has 0 N–H and O–H groups in total. The maximum atomic E-state index is 13.9. The van der Waals surface area contributed by atoms with Crippen molar-refractivity contribution < 1.29 is 41.8 Å². The zero-order valence-corrected chi connectivity index (χ0v) is 31.5. The number of aromatic nitrogens is 3. The van der Waals surface area contributed by atoms with Crippen LogP contribution in [-0.2, 0) is 38.1 Å². The van der Waals surface area contributed by atoms with Gasteiger partial charge < -0.3 is 14.4 Å². The summed E-state index contributed by atoms with van der Waals surface area (Å²) in [5.41, 5.74) is 7.80. The van der Waals surface area contributed by atoms with Crippen LogP contribution in [0.15, 0.2) is 95.7 Å². The van der Waals surface area contributed by atoms with Crippen LogP contribution in [0.25, 0.3) is 44.6 Å². The van der Waals surface area contributed by atoms with E-state index < -0.39 is 18.6 Å². The molecule has 7 aromatic rings. The molecule has 0 saturated carbocycles. The topological polar surface area (TPSA) is 51.8 Å². The summed E-state index contributed by atoms with van der Waals surface area (Å²) >= 11 is 0. The summed E-state index contributed by atoms with van der Waals surface area (Å²) in [6, 6.07) is 29.9. The molecular formula is C43H38F3IrN3O-2. The second-order valence-electron chi connectivity index (χ2n) is 13.5. The molecule has 1 radical (unpaired) electrons. The average molecular weight is 865 g/mol. The van der Waals surface area contributed by atoms with E-state index in [1.54, 1.807) is 18.2 Å². The first kappa shape index (κ1) is 33.5. The van der Waals surface area contributed by atoms with Gasteiger partial charge in [0.25, 0.3) is 0 Å². The smallest absolute Gasteiger partial charge is 0.418 e. The van der Waals surface area contributed by atoms with Gasteiger partial charge in [-0.25, -0.2) is 4.98 Å². The quantitative estimate of drug-likeness (QED) is 0.165. The summed E-state index contributed by atoms with van der Waals surface area (Å²) in [5, 5.41) is 1.23. The van der Waals surface area contributed by atoms with E-state index in [1.807, 2.05) is 36.5 Å². The third-order valence-electron chi connectivity index (χ3n) is 8.68. The van der Waals surface area contributed by atoms with Crippen LogP contribution in [0.5, 0.6) is 0 Å². The minimum Gasteiger partial charge on any atom is -0.486 e. The fraction of sp³-hybridized carbons (Fsp3) is 0.233. The van der Waals surface area contributed by atoms with Crippen LogP contribution in [0.1, 0.15) is 69.5 Å². The van der Waals surface area contributed by atoms with Gasteiger partial charge in [-0.15, -0.1) is 53.6 Å². The van der Waals surface area contributed by atoms with Crippen LogP contribution < -0.4 is 0 Å². The number of pyridine rings is 3. The minimum atomic E-state index is -4.57. The zero-order chi connectivity index (χ0) is 38.3. The molecule has 0 amide bonds. The Morgan fingerprint density at radius 1 is 0.804 bits per heavy atom. The molecule has 263 valence electrons. The first-order valence-corrected chi connectivity index (χ1v) is 16.2. The van der Waals surface area contributed by atoms with Gasteiger partial charge in [0.1, 0.15) is 0 Å². The Morgan fingerprint density at radius 3 is 2.20 bits per heavy atom. The normalized spacial score (nSPS) is 12.8. The molecule has 0 atom stereocenters. The number of hydrogen-bond donors (Lipinski definition) is 0. The molecule has 0 aliphatic carbocycles. The van der Waals surface area contributed by atoms with Gasteiger partial charge in [-0.3, -0.25) is 0 Å². The third kappa shape index (κ3) is 8.46. The Balaban J connectivity index is 0.000000293. The van der Waals surface area contributed by atoms with E-state index in [0.717, 1.165) is 28.6 Å². The van der Waals surface area contributed by atoms with Gasteiger partial charge in [-0.2, -0.15) is 13.2 Å². The van der Waals surface area contributed by atoms with Crippen LogP contribution in [-0.4, -0.2) is 15.0 Å². The van der Waals surface area contributed by atoms with Crippen LogP contribution in [0.3, 0.4) is 0 Å². The largest absolute Gasteiger partial charge is 0.486 e. The van der Waals surface area contributed by atoms with Gasteiger partial charge in [-0.05, 0) is 78.3 Å². The average Bonchev–Trinajstić information content (AvgIpc) is 3.47. The molecule has 0 bridgehead atoms. The number of fused-ring (bicyclic) bond motifs is 3. The number of rotatable bonds is 4. The van der Waals surface area contributed by atoms with E-state index in [1.165, 1.54) is 28.8 Å². The Labute approximate surface area is 314 Å². The molecule has 4 nitrogen and oxygen atoms in total. The monoisotopic (exact) mass is 865 g/mol. The Bertz CT molecular complexity index is 2420. The van der Waals surface area contributed by atoms with Crippen molar-refractivity contribution in [1.29, 1.82) is 0 Å². The molecule has 0 unspecified atom stereocenters. The van der Waals surface area contributed by atoms with Crippen molar-refractivity contribution >= 4 is 22.1 Å². The number of furan rings is 1. The van der Waals surface area contributed by atoms with Crippen molar-refractivity contribution in [2.75, 3.05) is 0 Å². The molecule has 8 heteroatoms. The van der Waals surface area contributed by atoms with Crippen LogP contribution in [0.4, 0.5) is 13.2 Å². The van der Waals surface area contributed by atoms with Gasteiger partial charge in [0.05, 0.1) is 11.1 Å². The predicted octanol–water partition coefficient (Wildman–Crippen LogP) is 11.5. The van der Waals surface area contributed by atoms with E-state index in [9.17, 15) is 13.2 Å². The number of benzene rings is 3. The third-order valence-corrected chi connectivity index (χ3v) is 8.68. The summed E-state index contributed by atoms with van der Waals surface area (Å²) in [4.78, 5) is 12.7. The standard InChI is InChI=1S/C29H24F3N2O.C14H14N.Ir/c1-17-8-13-22-21-6-5-7-23(26(21)35-27(22)34-17)25-15-19(24(16-33-25)29(30,31)32)14-18-9-11-20(12-10-18)28(2,3)4;1-10-4-6-13(7-5-10)14-8-11(2)12(3)9-15-14;/h5-6,8-13,15-16H,14H2,1-4H3;4-6,8-9H,1-3H3;/q2*-1;/i1D3;;. The summed E-state index contributed by atoms with van der Waals surface area (Å²) in [6.07, 6.45) is -1.75. The van der Waals surface area contributed by atoms with Crippen molar-refractivity contribution in [2.24, 2.45) is 0 Å². The van der Waals surface area contributed by atoms with E-state index in [2.05, 4.69) is 86.8 Å². The fourth-order valence-electron chi connectivity index (χ4n) is 5.62. The van der Waals surface area contributed by atoms with Gasteiger partial charge in [-0.1, -0.05) is 80.6 Å². The summed E-state index contributed by atoms with van der Waals surface area (Å²) in [5.74, 6) is 0. The number of nitrogens with zero attached hydrogens (tertiary/aromatic N) is 3. The van der Waals surface area contributed by atoms with E-state index in [0.29, 0.717) is 21.9 Å². The molecule has 3 aromatic carbocycles. The number of hydrogen-bond acceptors (Lipinski definition) is 4. The maximum Gasteiger partial charge on any atom is 0.418 e. The van der Waals surface area contributed by atoms with Gasteiger partial charge in [0.15, 0.2) is 0 Å². The molecule has 7 rings (SSSR count). The van der Waals surface area contributed by atoms with E-state index >= 15 is 0 Å². The second-order valence-corrected chi connectivity index (χ2v) is 13.5. The van der Waals surface area contributed by atoms with Crippen LogP contribution >= 0.6 is 0 Å². The molecule has 4 aromatic heterocycles. The first-order valence-electron chi connectivity index (χ1n) is 17.7. The Morgan fingerprint density at radius 2 is 1.55 bits per heavy atom. The summed E-state index contributed by atoms with van der Waals surface area (Å²) < 4.78 is 70.5. The SMILES string of the molecule is Cc1c[c-]c(-c2cc(C)c(C)cn2)cc1.[2H]C([2H])([2H])c1ccc2c(n1)oc1c(-c3cc(Cc4ccc(C(C)(C)C)cc4)c(C(F)(F)F)cn3)[c-]ccc12.[Ir]. The van der Waals surface area contributed by atoms with Crippen LogP contribution in [0.2, 0.25) is 0 Å². The number of aryl methyl sites for hydroxylation is 4. The van der Waals surface area contributed by atoms with Gasteiger partial charge in [0.2, 0.25) is 5.71 Å². The molecule has 4 heterocycles. The van der Waals surface area contributed by atoms with Crippen molar-refractivity contribution in [3.05, 3.63) is 148 Å². The summed E-state index contributed by atoms with van der Waals surface area (Å²) in [7, 11) is 0. The Hall–Kier alpha value is -4.65. The molecule has 0 aliphatic heterocycles. The number of halogens is 3. The molecule has 0 spiro atoms. The Kier molecular flexibility index (Phi) is 9.79. The minimum absolute atomic E-state index is 0. The van der Waals surface area contributed by atoms with Gasteiger partial charge >= 0.3 is 6.18 Å². The zero-order valence-electron chi connectivity index (χ0n) is 32.1. The van der Waals surface area contributed by atoms with Crippen molar-refractivity contribution in [1.82, 2.24) is 15.0 Å². The van der Waals surface area contributed by atoms with E-state index in [-0.39, 0.29) is 54.6 Å². The maximum absolute atomic E-state index is 13.9. The molecule has 51 heavy (non-hydrogen) atoms.